The van der Waals surface area contributed by atoms with Crippen molar-refractivity contribution >= 4 is 28.5 Å². The molecule has 4 rings (SSSR count). The Labute approximate surface area is 191 Å². The molecule has 0 aliphatic rings. The molecule has 0 spiro atoms. The molecule has 0 aliphatic carbocycles. The third-order valence-corrected chi connectivity index (χ3v) is 3.75. The first-order chi connectivity index (χ1) is 14.0. The van der Waals surface area contributed by atoms with E-state index in [9.17, 15) is 0 Å². The molecule has 0 radical (unpaired) electrons. The molecular weight excluding hydrogens is 543 g/mol. The van der Waals surface area contributed by atoms with Crippen LogP contribution in [0.5, 0.6) is 0 Å². The Balaban J connectivity index is 0.000000183. The minimum atomic E-state index is 0.869. The van der Waals surface area contributed by atoms with Crippen molar-refractivity contribution in [3.63, 3.8) is 0 Å². The first-order valence-corrected chi connectivity index (χ1v) is 13.6. The Morgan fingerprint density at radius 3 is 1.31 bits per heavy atom. The average Bonchev–Trinajstić information content (AvgIpc) is 3.24. The van der Waals surface area contributed by atoms with Gasteiger partial charge in [-0.05, 0) is 64.1 Å². The van der Waals surface area contributed by atoms with E-state index in [1.165, 1.54) is 10.9 Å². The second kappa shape index (κ2) is 12.0. The van der Waals surface area contributed by atoms with E-state index in [2.05, 4.69) is 48.6 Å². The van der Waals surface area contributed by atoms with Crippen LogP contribution in [-0.2, 0) is 10.9 Å². The van der Waals surface area contributed by atoms with Crippen molar-refractivity contribution in [2.24, 2.45) is 0 Å². The van der Waals surface area contributed by atoms with Gasteiger partial charge >= 0.3 is 39.3 Å². The third kappa shape index (κ3) is 7.17. The summed E-state index contributed by atoms with van der Waals surface area (Å²) in [7, 11) is 1.25. The number of rotatable bonds is 2. The number of aryl methyl sites for hydroxylation is 4. The molecule has 4 aromatic heterocycles. The van der Waals surface area contributed by atoms with E-state index in [1.807, 2.05) is 85.6 Å². The van der Waals surface area contributed by atoms with E-state index in [0.29, 0.717) is 0 Å². The molecule has 0 N–H and O–H groups in total. The van der Waals surface area contributed by atoms with Gasteiger partial charge in [-0.15, -0.1) is 0 Å². The van der Waals surface area contributed by atoms with Gasteiger partial charge in [-0.1, -0.05) is 12.1 Å². The van der Waals surface area contributed by atoms with Gasteiger partial charge in [0.15, 0.2) is 11.6 Å². The molecule has 0 amide bonds. The molecule has 9 heteroatoms. The Hall–Kier alpha value is -1.83. The van der Waals surface area contributed by atoms with Gasteiger partial charge in [0.05, 0.1) is 11.4 Å². The summed E-state index contributed by atoms with van der Waals surface area (Å²) >= 11 is 6.00. The van der Waals surface area contributed by atoms with Crippen molar-refractivity contribution in [2.75, 3.05) is 0 Å². The standard InChI is InChI=1S/2C10H11N3.2BrH.Ni/c2*1-8-7-9(2)13(12-8)10-5-3-4-6-11-10;;;/h2*3-7H,1-2H3;2*1H;/q;;;;+2/p-2. The summed E-state index contributed by atoms with van der Waals surface area (Å²) in [6, 6.07) is 15.7. The van der Waals surface area contributed by atoms with E-state index in [1.54, 1.807) is 12.4 Å². The fourth-order valence-electron chi connectivity index (χ4n) is 2.68. The van der Waals surface area contributed by atoms with Crippen molar-refractivity contribution in [1.29, 1.82) is 0 Å². The van der Waals surface area contributed by atoms with Gasteiger partial charge in [-0.2, -0.15) is 10.2 Å². The zero-order valence-electron chi connectivity index (χ0n) is 16.5. The second-order valence-corrected chi connectivity index (χ2v) is 11.1. The first-order valence-electron chi connectivity index (χ1n) is 8.68. The molecule has 156 valence electrons. The van der Waals surface area contributed by atoms with Crippen LogP contribution in [0.3, 0.4) is 0 Å². The third-order valence-electron chi connectivity index (χ3n) is 3.75. The molecule has 0 bridgehead atoms. The fourth-order valence-corrected chi connectivity index (χ4v) is 2.68. The summed E-state index contributed by atoms with van der Waals surface area (Å²) in [6.07, 6.45) is 3.54. The molecule has 0 saturated carbocycles. The molecule has 6 nitrogen and oxygen atoms in total. The van der Waals surface area contributed by atoms with E-state index >= 15 is 0 Å². The topological polar surface area (TPSA) is 61.4 Å². The maximum atomic E-state index is 4.33. The minimum absolute atomic E-state index is 0.869. The van der Waals surface area contributed by atoms with Crippen molar-refractivity contribution < 1.29 is 10.9 Å². The molecule has 0 aromatic carbocycles. The van der Waals surface area contributed by atoms with Crippen molar-refractivity contribution in [3.8, 4) is 11.6 Å². The van der Waals surface area contributed by atoms with Gasteiger partial charge in [-0.3, -0.25) is 0 Å². The monoisotopic (exact) mass is 562 g/mol. The van der Waals surface area contributed by atoms with Gasteiger partial charge in [0.2, 0.25) is 0 Å². The SMILES string of the molecule is Cc1cc(C)n(-c2ccccn2)n1.Cc1cc(C)n(-c2ccccn2)n1.[Br][Ni][Br]. The molecule has 0 fully saturated rings. The van der Waals surface area contributed by atoms with E-state index < -0.39 is 0 Å². The molecule has 4 aromatic rings. The molecular formula is C20H22Br2N6Ni. The Morgan fingerprint density at radius 2 is 1.07 bits per heavy atom. The number of pyridine rings is 2. The van der Waals surface area contributed by atoms with E-state index in [0.717, 1.165) is 34.4 Å². The van der Waals surface area contributed by atoms with Gasteiger partial charge in [0.25, 0.3) is 0 Å². The van der Waals surface area contributed by atoms with Crippen LogP contribution >= 0.6 is 28.5 Å². The fraction of sp³-hybridized carbons (Fsp3) is 0.200. The molecule has 0 saturated heterocycles. The average molecular weight is 565 g/mol. The van der Waals surface area contributed by atoms with Crippen LogP contribution in [0.1, 0.15) is 22.8 Å². The van der Waals surface area contributed by atoms with Crippen LogP contribution in [-0.4, -0.2) is 29.5 Å². The Morgan fingerprint density at radius 1 is 0.690 bits per heavy atom. The normalized spacial score (nSPS) is 10.0. The first kappa shape index (κ1) is 23.5. The van der Waals surface area contributed by atoms with Gasteiger partial charge < -0.3 is 0 Å². The van der Waals surface area contributed by atoms with Gasteiger partial charge in [0, 0.05) is 23.8 Å². The summed E-state index contributed by atoms with van der Waals surface area (Å²) < 4.78 is 3.69. The number of hydrogen-bond donors (Lipinski definition) is 0. The van der Waals surface area contributed by atoms with Crippen LogP contribution in [0.25, 0.3) is 11.6 Å². The number of aromatic nitrogens is 6. The number of halogens is 2. The zero-order chi connectivity index (χ0) is 21.2. The van der Waals surface area contributed by atoms with Crippen LogP contribution in [0.15, 0.2) is 60.9 Å². The summed E-state index contributed by atoms with van der Waals surface area (Å²) in [5, 5.41) is 8.67. The predicted molar refractivity (Wildman–Crippen MR) is 120 cm³/mol. The second-order valence-electron chi connectivity index (χ2n) is 6.10. The van der Waals surface area contributed by atoms with E-state index in [-0.39, 0.29) is 0 Å². The molecule has 0 atom stereocenters. The van der Waals surface area contributed by atoms with Crippen molar-refractivity contribution in [3.05, 3.63) is 83.7 Å². The van der Waals surface area contributed by atoms with Crippen LogP contribution in [0.4, 0.5) is 0 Å². The van der Waals surface area contributed by atoms with Crippen molar-refractivity contribution in [1.82, 2.24) is 29.5 Å². The zero-order valence-corrected chi connectivity index (χ0v) is 20.7. The van der Waals surface area contributed by atoms with Crippen LogP contribution < -0.4 is 0 Å². The summed E-state index contributed by atoms with van der Waals surface area (Å²) in [6.45, 7) is 8.00. The predicted octanol–water partition coefficient (Wildman–Crippen LogP) is 5.46. The summed E-state index contributed by atoms with van der Waals surface area (Å²) in [4.78, 5) is 8.45. The number of hydrogen-bond acceptors (Lipinski definition) is 4. The van der Waals surface area contributed by atoms with E-state index in [4.69, 9.17) is 0 Å². The summed E-state index contributed by atoms with van der Waals surface area (Å²) in [5.74, 6) is 1.74. The number of nitrogens with zero attached hydrogens (tertiary/aromatic N) is 6. The molecule has 0 aliphatic heterocycles. The summed E-state index contributed by atoms with van der Waals surface area (Å²) in [5.41, 5.74) is 4.25. The van der Waals surface area contributed by atoms with Crippen molar-refractivity contribution in [2.45, 2.75) is 27.7 Å². The van der Waals surface area contributed by atoms with Gasteiger partial charge in [0.1, 0.15) is 0 Å². The van der Waals surface area contributed by atoms with Crippen LogP contribution in [0, 0.1) is 27.7 Å². The molecule has 4 heterocycles. The maximum absolute atomic E-state index is 4.33. The molecule has 0 unspecified atom stereocenters. The Bertz CT molecular complexity index is 921. The van der Waals surface area contributed by atoms with Gasteiger partial charge in [-0.25, -0.2) is 19.3 Å². The molecule has 29 heavy (non-hydrogen) atoms. The Kier molecular flexibility index (Phi) is 9.71. The van der Waals surface area contributed by atoms with Crippen LogP contribution in [0.2, 0.25) is 0 Å². The quantitative estimate of drug-likeness (QED) is 0.304.